The number of ether oxygens (including phenoxy) is 1. The second-order valence-corrected chi connectivity index (χ2v) is 4.93. The topological polar surface area (TPSA) is 34.2 Å². The van der Waals surface area contributed by atoms with E-state index in [2.05, 4.69) is 17.2 Å². The normalized spacial score (nSPS) is 23.1. The third kappa shape index (κ3) is 3.00. The average Bonchev–Trinajstić information content (AvgIpc) is 2.89. The van der Waals surface area contributed by atoms with Gasteiger partial charge in [0.25, 0.3) is 0 Å². The summed E-state index contributed by atoms with van der Waals surface area (Å²) in [6.45, 7) is 5.03. The molecule has 2 atom stereocenters. The predicted octanol–water partition coefficient (Wildman–Crippen LogP) is 1.70. The van der Waals surface area contributed by atoms with Crippen molar-refractivity contribution < 1.29 is 4.74 Å². The number of rotatable bonds is 5. The largest absolute Gasteiger partial charge is 0.381 e. The highest BCUT2D eigenvalue weighted by atomic mass is 32.1. The molecule has 0 amide bonds. The standard InChI is InChI=1S/C11H18N2OS/c1-2-13-11(9-3-4-14-7-9)5-10-6-12-8-15-10/h6,8-9,11,13H,2-5,7H2,1H3. The molecular formula is C11H18N2OS. The van der Waals surface area contributed by atoms with Crippen molar-refractivity contribution in [1.29, 1.82) is 0 Å². The number of hydrogen-bond acceptors (Lipinski definition) is 4. The van der Waals surface area contributed by atoms with E-state index in [1.807, 2.05) is 11.7 Å². The highest BCUT2D eigenvalue weighted by molar-refractivity contribution is 7.09. The van der Waals surface area contributed by atoms with E-state index in [1.165, 1.54) is 11.3 Å². The van der Waals surface area contributed by atoms with E-state index in [-0.39, 0.29) is 0 Å². The first-order valence-electron chi connectivity index (χ1n) is 5.58. The number of aromatic nitrogens is 1. The van der Waals surface area contributed by atoms with Gasteiger partial charge in [0.05, 0.1) is 12.1 Å². The summed E-state index contributed by atoms with van der Waals surface area (Å²) in [6.07, 6.45) is 4.26. The van der Waals surface area contributed by atoms with Gasteiger partial charge in [-0.25, -0.2) is 0 Å². The van der Waals surface area contributed by atoms with Crippen LogP contribution in [0.2, 0.25) is 0 Å². The minimum Gasteiger partial charge on any atom is -0.381 e. The molecule has 1 aromatic heterocycles. The number of nitrogens with zero attached hydrogens (tertiary/aromatic N) is 1. The van der Waals surface area contributed by atoms with Crippen LogP contribution in [0, 0.1) is 5.92 Å². The van der Waals surface area contributed by atoms with Gasteiger partial charge in [-0.1, -0.05) is 6.92 Å². The molecule has 1 aliphatic heterocycles. The lowest BCUT2D eigenvalue weighted by molar-refractivity contribution is 0.176. The minimum absolute atomic E-state index is 0.554. The van der Waals surface area contributed by atoms with Gasteiger partial charge in [0.2, 0.25) is 0 Å². The van der Waals surface area contributed by atoms with Gasteiger partial charge in [0.15, 0.2) is 0 Å². The summed E-state index contributed by atoms with van der Waals surface area (Å²) in [5, 5.41) is 3.56. The molecular weight excluding hydrogens is 208 g/mol. The lowest BCUT2D eigenvalue weighted by Gasteiger charge is -2.22. The summed E-state index contributed by atoms with van der Waals surface area (Å²) in [5.74, 6) is 0.673. The maximum Gasteiger partial charge on any atom is 0.0794 e. The Kier molecular flexibility index (Phi) is 4.11. The molecule has 1 N–H and O–H groups in total. The van der Waals surface area contributed by atoms with Crippen LogP contribution in [0.4, 0.5) is 0 Å². The zero-order valence-corrected chi connectivity index (χ0v) is 9.93. The van der Waals surface area contributed by atoms with Crippen LogP contribution in [0.5, 0.6) is 0 Å². The quantitative estimate of drug-likeness (QED) is 0.830. The van der Waals surface area contributed by atoms with Gasteiger partial charge in [0, 0.05) is 29.6 Å². The van der Waals surface area contributed by atoms with E-state index in [4.69, 9.17) is 4.74 Å². The van der Waals surface area contributed by atoms with Crippen LogP contribution in [-0.2, 0) is 11.2 Å². The molecule has 0 aliphatic carbocycles. The fourth-order valence-electron chi connectivity index (χ4n) is 2.10. The Morgan fingerprint density at radius 2 is 2.67 bits per heavy atom. The van der Waals surface area contributed by atoms with Crippen molar-refractivity contribution >= 4 is 11.3 Å². The van der Waals surface area contributed by atoms with Gasteiger partial charge in [-0.2, -0.15) is 0 Å². The Bertz CT molecular complexity index is 270. The molecule has 15 heavy (non-hydrogen) atoms. The Labute approximate surface area is 94.9 Å². The van der Waals surface area contributed by atoms with Crippen molar-refractivity contribution in [3.05, 3.63) is 16.6 Å². The van der Waals surface area contributed by atoms with Crippen LogP contribution < -0.4 is 5.32 Å². The van der Waals surface area contributed by atoms with Crippen molar-refractivity contribution in [3.8, 4) is 0 Å². The highest BCUT2D eigenvalue weighted by Crippen LogP contribution is 2.21. The molecule has 0 aromatic carbocycles. The second-order valence-electron chi connectivity index (χ2n) is 3.96. The molecule has 2 heterocycles. The van der Waals surface area contributed by atoms with E-state index in [0.717, 1.165) is 26.2 Å². The summed E-state index contributed by atoms with van der Waals surface area (Å²) in [6, 6.07) is 0.554. The Hall–Kier alpha value is -0.450. The molecule has 1 saturated heterocycles. The van der Waals surface area contributed by atoms with Crippen LogP contribution in [0.25, 0.3) is 0 Å². The number of nitrogens with one attached hydrogen (secondary N) is 1. The summed E-state index contributed by atoms with van der Waals surface area (Å²) in [7, 11) is 0. The molecule has 1 aromatic rings. The monoisotopic (exact) mass is 226 g/mol. The second kappa shape index (κ2) is 5.58. The van der Waals surface area contributed by atoms with Crippen molar-refractivity contribution in [1.82, 2.24) is 10.3 Å². The number of likely N-dealkylation sites (N-methyl/N-ethyl adjacent to an activating group) is 1. The first-order valence-corrected chi connectivity index (χ1v) is 6.46. The van der Waals surface area contributed by atoms with Gasteiger partial charge in [-0.05, 0) is 19.4 Å². The molecule has 0 spiro atoms. The number of thiazole rings is 1. The van der Waals surface area contributed by atoms with Gasteiger partial charge in [-0.15, -0.1) is 11.3 Å². The zero-order chi connectivity index (χ0) is 10.5. The zero-order valence-electron chi connectivity index (χ0n) is 9.11. The first-order chi connectivity index (χ1) is 7.40. The minimum atomic E-state index is 0.554. The summed E-state index contributed by atoms with van der Waals surface area (Å²) < 4.78 is 5.45. The van der Waals surface area contributed by atoms with E-state index >= 15 is 0 Å². The van der Waals surface area contributed by atoms with E-state index in [1.54, 1.807) is 11.3 Å². The fraction of sp³-hybridized carbons (Fsp3) is 0.727. The van der Waals surface area contributed by atoms with Crippen LogP contribution >= 0.6 is 11.3 Å². The Balaban J connectivity index is 1.93. The van der Waals surface area contributed by atoms with Crippen molar-refractivity contribution in [2.45, 2.75) is 25.8 Å². The first kappa shape index (κ1) is 11.0. The SMILES string of the molecule is CCNC(Cc1cncs1)C1CCOC1. The Morgan fingerprint density at radius 1 is 1.73 bits per heavy atom. The third-order valence-electron chi connectivity index (χ3n) is 2.90. The smallest absolute Gasteiger partial charge is 0.0794 e. The van der Waals surface area contributed by atoms with Gasteiger partial charge >= 0.3 is 0 Å². The summed E-state index contributed by atoms with van der Waals surface area (Å²) in [4.78, 5) is 5.49. The molecule has 0 bridgehead atoms. The maximum atomic E-state index is 5.45. The summed E-state index contributed by atoms with van der Waals surface area (Å²) in [5.41, 5.74) is 1.91. The van der Waals surface area contributed by atoms with Gasteiger partial charge in [-0.3, -0.25) is 4.98 Å². The van der Waals surface area contributed by atoms with E-state index in [9.17, 15) is 0 Å². The van der Waals surface area contributed by atoms with E-state index < -0.39 is 0 Å². The van der Waals surface area contributed by atoms with Crippen LogP contribution in [0.15, 0.2) is 11.7 Å². The van der Waals surface area contributed by atoms with E-state index in [0.29, 0.717) is 12.0 Å². The molecule has 0 radical (unpaired) electrons. The van der Waals surface area contributed by atoms with Gasteiger partial charge < -0.3 is 10.1 Å². The average molecular weight is 226 g/mol. The molecule has 2 unspecified atom stereocenters. The maximum absolute atomic E-state index is 5.45. The highest BCUT2D eigenvalue weighted by Gasteiger charge is 2.25. The van der Waals surface area contributed by atoms with Crippen molar-refractivity contribution in [3.63, 3.8) is 0 Å². The van der Waals surface area contributed by atoms with Gasteiger partial charge in [0.1, 0.15) is 0 Å². The molecule has 3 nitrogen and oxygen atoms in total. The van der Waals surface area contributed by atoms with Crippen LogP contribution in [0.3, 0.4) is 0 Å². The fourth-order valence-corrected chi connectivity index (χ4v) is 2.75. The third-order valence-corrected chi connectivity index (χ3v) is 3.71. The van der Waals surface area contributed by atoms with Crippen LogP contribution in [-0.4, -0.2) is 30.8 Å². The lowest BCUT2D eigenvalue weighted by Crippen LogP contribution is -2.38. The van der Waals surface area contributed by atoms with Crippen molar-refractivity contribution in [2.24, 2.45) is 5.92 Å². The van der Waals surface area contributed by atoms with Crippen LogP contribution in [0.1, 0.15) is 18.2 Å². The molecule has 84 valence electrons. The molecule has 1 aliphatic rings. The van der Waals surface area contributed by atoms with Crippen molar-refractivity contribution in [2.75, 3.05) is 19.8 Å². The summed E-state index contributed by atoms with van der Waals surface area (Å²) >= 11 is 1.74. The molecule has 1 fully saturated rings. The number of hydrogen-bond donors (Lipinski definition) is 1. The lowest BCUT2D eigenvalue weighted by atomic mass is 9.96. The predicted molar refractivity (Wildman–Crippen MR) is 62.2 cm³/mol. The molecule has 2 rings (SSSR count). The molecule has 4 heteroatoms. The Morgan fingerprint density at radius 3 is 3.27 bits per heavy atom. The molecule has 0 saturated carbocycles.